The Labute approximate surface area is 208 Å². The Hall–Kier alpha value is -3.19. The van der Waals surface area contributed by atoms with Crippen LogP contribution >= 0.6 is 0 Å². The van der Waals surface area contributed by atoms with Gasteiger partial charge in [-0.05, 0) is 51.0 Å². The van der Waals surface area contributed by atoms with Gasteiger partial charge in [0, 0.05) is 23.4 Å². The lowest BCUT2D eigenvalue weighted by Gasteiger charge is -2.29. The predicted molar refractivity (Wildman–Crippen MR) is 135 cm³/mol. The minimum atomic E-state index is -3.23. The number of hydrogen-bond acceptors (Lipinski definition) is 8. The van der Waals surface area contributed by atoms with Gasteiger partial charge in [0.25, 0.3) is 0 Å². The van der Waals surface area contributed by atoms with E-state index in [9.17, 15) is 18.3 Å². The van der Waals surface area contributed by atoms with Crippen LogP contribution in [0.25, 0.3) is 11.7 Å². The molecule has 3 aromatic heterocycles. The summed E-state index contributed by atoms with van der Waals surface area (Å²) in [5, 5.41) is 18.5. The van der Waals surface area contributed by atoms with Crippen LogP contribution in [0.15, 0.2) is 22.1 Å². The predicted octanol–water partition coefficient (Wildman–Crippen LogP) is 0.505. The normalized spacial score (nSPS) is 21.9. The van der Waals surface area contributed by atoms with Crippen molar-refractivity contribution in [2.24, 2.45) is 4.99 Å². The summed E-state index contributed by atoms with van der Waals surface area (Å²) in [6.45, 7) is 1.98. The summed E-state index contributed by atoms with van der Waals surface area (Å²) < 4.78 is 29.0. The Morgan fingerprint density at radius 3 is 2.61 bits per heavy atom. The molecule has 0 radical (unpaired) electrons. The number of fused-ring (bicyclic) bond motifs is 1. The second-order valence-corrected chi connectivity index (χ2v) is 11.5. The average molecular weight is 517 g/mol. The first-order valence-corrected chi connectivity index (χ1v) is 14.2. The first kappa shape index (κ1) is 24.5. The molecule has 3 heterocycles. The molecule has 2 aliphatic carbocycles. The second kappa shape index (κ2) is 10.1. The maximum Gasteiger partial charge on any atom is 0.326 e. The molecule has 5 rings (SSSR count). The Morgan fingerprint density at radius 1 is 1.19 bits per heavy atom. The maximum absolute atomic E-state index is 12.2. The van der Waals surface area contributed by atoms with Crippen molar-refractivity contribution in [1.29, 1.82) is 0 Å². The Kier molecular flexibility index (Phi) is 6.84. The number of rotatable bonds is 9. The fraction of sp³-hybridized carbons (Fsp3) is 0.565. The third-order valence-electron chi connectivity index (χ3n) is 6.57. The van der Waals surface area contributed by atoms with Crippen molar-refractivity contribution < 1.29 is 13.5 Å². The number of nitrogens with zero attached hydrogens (tertiary/aromatic N) is 4. The SMILES string of the molecule is CCCCS(=O)(=O)NC1CCC(Nc2cc(=NC3CC3)n3nc/c(=C\c4[nH]c(=O)[nH]c4O)c3n2)CC1. The van der Waals surface area contributed by atoms with E-state index in [1.54, 1.807) is 16.8 Å². The standard InChI is InChI=1S/C23H32N8O4S/c1-2-3-10-36(34,35)30-17-8-6-15(7-9-17)25-19-12-20(26-16-4-5-16)31-21(28-19)14(13-24-31)11-18-22(32)29-23(33)27-18/h11-13,15-17,25,30,32H,2-10H2,1H3,(H2,27,29,33)/b14-11+,26-20?. The van der Waals surface area contributed by atoms with Crippen molar-refractivity contribution in [1.82, 2.24) is 29.3 Å². The molecule has 0 atom stereocenters. The summed E-state index contributed by atoms with van der Waals surface area (Å²) in [6.07, 6.45) is 10.0. The topological polar surface area (TPSA) is 170 Å². The fourth-order valence-corrected chi connectivity index (χ4v) is 6.01. The number of aromatic amines is 2. The van der Waals surface area contributed by atoms with Crippen molar-refractivity contribution in [3.8, 4) is 5.88 Å². The first-order valence-electron chi connectivity index (χ1n) is 12.5. The zero-order valence-corrected chi connectivity index (χ0v) is 21.0. The molecular weight excluding hydrogens is 484 g/mol. The van der Waals surface area contributed by atoms with Gasteiger partial charge in [0.15, 0.2) is 11.1 Å². The minimum absolute atomic E-state index is 0.0343. The third kappa shape index (κ3) is 5.78. The number of anilines is 1. The van der Waals surface area contributed by atoms with Gasteiger partial charge in [-0.15, -0.1) is 0 Å². The molecule has 13 heteroatoms. The van der Waals surface area contributed by atoms with Crippen molar-refractivity contribution in [2.75, 3.05) is 11.1 Å². The van der Waals surface area contributed by atoms with E-state index < -0.39 is 15.7 Å². The van der Waals surface area contributed by atoms with E-state index in [1.807, 2.05) is 13.0 Å². The summed E-state index contributed by atoms with van der Waals surface area (Å²) in [5.74, 6) is 0.590. The van der Waals surface area contributed by atoms with Gasteiger partial charge in [0.1, 0.15) is 11.5 Å². The molecule has 2 fully saturated rings. The molecule has 3 aromatic rings. The van der Waals surface area contributed by atoms with Gasteiger partial charge in [0.2, 0.25) is 15.9 Å². The van der Waals surface area contributed by atoms with Gasteiger partial charge in [0.05, 0.1) is 18.0 Å². The number of aromatic hydroxyl groups is 1. The van der Waals surface area contributed by atoms with E-state index in [0.29, 0.717) is 28.6 Å². The van der Waals surface area contributed by atoms with E-state index in [0.717, 1.165) is 44.9 Å². The van der Waals surface area contributed by atoms with Gasteiger partial charge in [-0.2, -0.15) is 9.61 Å². The third-order valence-corrected chi connectivity index (χ3v) is 8.09. The van der Waals surface area contributed by atoms with Crippen molar-refractivity contribution in [2.45, 2.75) is 76.4 Å². The van der Waals surface area contributed by atoms with Gasteiger partial charge in [-0.25, -0.2) is 22.9 Å². The van der Waals surface area contributed by atoms with E-state index in [2.05, 4.69) is 25.1 Å². The highest BCUT2D eigenvalue weighted by atomic mass is 32.2. The molecule has 0 aromatic carbocycles. The molecule has 194 valence electrons. The number of imidazole rings is 1. The lowest BCUT2D eigenvalue weighted by atomic mass is 9.92. The molecule has 12 nitrogen and oxygen atoms in total. The molecule has 0 bridgehead atoms. The molecule has 36 heavy (non-hydrogen) atoms. The van der Waals surface area contributed by atoms with Crippen LogP contribution in [0.3, 0.4) is 0 Å². The van der Waals surface area contributed by atoms with Crippen LogP contribution in [0.5, 0.6) is 5.88 Å². The monoisotopic (exact) mass is 516 g/mol. The molecule has 0 unspecified atom stereocenters. The van der Waals surface area contributed by atoms with Gasteiger partial charge < -0.3 is 15.4 Å². The summed E-state index contributed by atoms with van der Waals surface area (Å²) in [5.41, 5.74) is 0.987. The van der Waals surface area contributed by atoms with Crippen LogP contribution in [-0.4, -0.2) is 62.0 Å². The average Bonchev–Trinajstić information content (AvgIpc) is 3.47. The number of unbranched alkanes of at least 4 members (excludes halogenated alkanes) is 1. The molecule has 0 spiro atoms. The van der Waals surface area contributed by atoms with E-state index in [-0.39, 0.29) is 35.5 Å². The second-order valence-electron chi connectivity index (χ2n) is 9.66. The highest BCUT2D eigenvalue weighted by molar-refractivity contribution is 7.89. The molecular formula is C23H32N8O4S. The van der Waals surface area contributed by atoms with E-state index in [1.165, 1.54) is 0 Å². The summed E-state index contributed by atoms with van der Waals surface area (Å²) in [6, 6.07) is 2.29. The number of sulfonamides is 1. The largest absolute Gasteiger partial charge is 0.493 e. The highest BCUT2D eigenvalue weighted by Gasteiger charge is 2.25. The highest BCUT2D eigenvalue weighted by Crippen LogP contribution is 2.24. The summed E-state index contributed by atoms with van der Waals surface area (Å²) >= 11 is 0. The van der Waals surface area contributed by atoms with Gasteiger partial charge in [-0.3, -0.25) is 9.98 Å². The van der Waals surface area contributed by atoms with E-state index >= 15 is 0 Å². The molecule has 0 aliphatic heterocycles. The Balaban J connectivity index is 1.37. The Morgan fingerprint density at radius 2 is 1.94 bits per heavy atom. The molecule has 0 amide bonds. The first-order chi connectivity index (χ1) is 17.3. The number of aromatic nitrogens is 5. The molecule has 2 aliphatic rings. The molecule has 5 N–H and O–H groups in total. The lowest BCUT2D eigenvalue weighted by Crippen LogP contribution is -2.41. The minimum Gasteiger partial charge on any atom is -0.493 e. The van der Waals surface area contributed by atoms with Crippen LogP contribution in [0.2, 0.25) is 0 Å². The zero-order chi connectivity index (χ0) is 25.3. The van der Waals surface area contributed by atoms with Crippen LogP contribution in [0.1, 0.15) is 64.0 Å². The number of H-pyrrole nitrogens is 2. The van der Waals surface area contributed by atoms with Crippen LogP contribution in [-0.2, 0) is 10.0 Å². The summed E-state index contributed by atoms with van der Waals surface area (Å²) in [4.78, 5) is 25.9. The number of nitrogens with one attached hydrogen (secondary N) is 4. The van der Waals surface area contributed by atoms with Gasteiger partial charge >= 0.3 is 5.69 Å². The van der Waals surface area contributed by atoms with E-state index in [4.69, 9.17) is 9.98 Å². The Bertz CT molecular complexity index is 1510. The maximum atomic E-state index is 12.2. The zero-order valence-electron chi connectivity index (χ0n) is 20.2. The van der Waals surface area contributed by atoms with Crippen molar-refractivity contribution >= 4 is 27.6 Å². The summed E-state index contributed by atoms with van der Waals surface area (Å²) in [7, 11) is -3.23. The van der Waals surface area contributed by atoms with Crippen LogP contribution < -0.4 is 26.4 Å². The van der Waals surface area contributed by atoms with Gasteiger partial charge in [-0.1, -0.05) is 13.3 Å². The molecule has 0 saturated heterocycles. The van der Waals surface area contributed by atoms with Crippen LogP contribution in [0.4, 0.5) is 5.82 Å². The van der Waals surface area contributed by atoms with Crippen molar-refractivity contribution in [3.05, 3.63) is 39.1 Å². The molecule has 2 saturated carbocycles. The lowest BCUT2D eigenvalue weighted by molar-refractivity contribution is 0.386. The smallest absolute Gasteiger partial charge is 0.326 e. The fourth-order valence-electron chi connectivity index (χ4n) is 4.48. The van der Waals surface area contributed by atoms with Crippen molar-refractivity contribution in [3.63, 3.8) is 0 Å². The number of hydrogen-bond donors (Lipinski definition) is 5. The quantitative estimate of drug-likeness (QED) is 0.276. The van der Waals surface area contributed by atoms with Crippen LogP contribution in [0, 0.1) is 0 Å².